The number of amides is 1. The molecule has 1 aliphatic heterocycles. The molecule has 4 aromatic rings. The van der Waals surface area contributed by atoms with E-state index in [0.29, 0.717) is 21.5 Å². The van der Waals surface area contributed by atoms with Gasteiger partial charge in [-0.15, -0.1) is 11.3 Å². The van der Waals surface area contributed by atoms with Gasteiger partial charge in [-0.25, -0.2) is 0 Å². The molecule has 1 amide bonds. The second-order valence-electron chi connectivity index (χ2n) is 8.39. The molecule has 7 heteroatoms. The molecule has 168 valence electrons. The van der Waals surface area contributed by atoms with Gasteiger partial charge in [0.05, 0.1) is 27.7 Å². The first-order valence-corrected chi connectivity index (χ1v) is 12.4. The molecule has 4 nitrogen and oxygen atoms in total. The second-order valence-corrected chi connectivity index (χ2v) is 10.3. The van der Waals surface area contributed by atoms with Crippen molar-refractivity contribution in [3.8, 4) is 16.9 Å². The third-order valence-corrected chi connectivity index (χ3v) is 7.49. The molecule has 3 heterocycles. The molecule has 0 spiro atoms. The number of nitrogens with one attached hydrogen (secondary N) is 1. The predicted octanol–water partition coefficient (Wildman–Crippen LogP) is 7.65. The normalized spacial score (nSPS) is 15.4. The third-order valence-electron chi connectivity index (χ3n) is 5.83. The summed E-state index contributed by atoms with van der Waals surface area (Å²) < 4.78 is 6.71. The second kappa shape index (κ2) is 8.98. The quantitative estimate of drug-likeness (QED) is 0.315. The average Bonchev–Trinajstić information content (AvgIpc) is 3.19. The van der Waals surface area contributed by atoms with Crippen LogP contribution in [0.15, 0.2) is 54.7 Å². The Morgan fingerprint density at radius 2 is 1.91 bits per heavy atom. The molecule has 2 aromatic carbocycles. The summed E-state index contributed by atoms with van der Waals surface area (Å²) in [6, 6.07) is 15.2. The Kier molecular flexibility index (Phi) is 6.04. The first-order chi connectivity index (χ1) is 15.9. The van der Waals surface area contributed by atoms with Crippen LogP contribution in [0.25, 0.3) is 21.3 Å². The van der Waals surface area contributed by atoms with Gasteiger partial charge in [0.25, 0.3) is 5.91 Å². The number of aromatic nitrogens is 1. The molecular weight excluding hydrogens is 475 g/mol. The highest BCUT2D eigenvalue weighted by molar-refractivity contribution is 7.21. The lowest BCUT2D eigenvalue weighted by molar-refractivity contribution is 0.0928. The van der Waals surface area contributed by atoms with E-state index in [2.05, 4.69) is 24.1 Å². The van der Waals surface area contributed by atoms with Crippen LogP contribution in [-0.2, 0) is 0 Å². The average molecular weight is 497 g/mol. The SMILES string of the molecule is CC(C)c1c(C(=O)N[C@H]2CCOc3ccccc32)sc2c(-c3cc(Cl)cc(Cl)c3)ccnc12. The number of halogens is 2. The molecule has 5 rings (SSSR count). The molecule has 0 unspecified atom stereocenters. The minimum absolute atomic E-state index is 0.0847. The van der Waals surface area contributed by atoms with Crippen LogP contribution in [0.1, 0.15) is 53.0 Å². The molecule has 0 saturated carbocycles. The van der Waals surface area contributed by atoms with Crippen molar-refractivity contribution in [1.82, 2.24) is 10.3 Å². The summed E-state index contributed by atoms with van der Waals surface area (Å²) in [5.74, 6) is 0.877. The maximum Gasteiger partial charge on any atom is 0.262 e. The lowest BCUT2D eigenvalue weighted by atomic mass is 9.98. The Morgan fingerprint density at radius 1 is 1.15 bits per heavy atom. The Labute approximate surface area is 206 Å². The van der Waals surface area contributed by atoms with Gasteiger partial charge in [-0.1, -0.05) is 55.2 Å². The van der Waals surface area contributed by atoms with Crippen LogP contribution in [0.4, 0.5) is 0 Å². The predicted molar refractivity (Wildman–Crippen MR) is 136 cm³/mol. The summed E-state index contributed by atoms with van der Waals surface area (Å²) in [6.07, 6.45) is 2.51. The number of rotatable bonds is 4. The number of hydrogen-bond acceptors (Lipinski definition) is 4. The maximum atomic E-state index is 13.6. The standard InChI is InChI=1S/C26H22Cl2N2O2S/c1-14(2)22-23-24(18(7-9-29-23)15-11-16(27)13-17(28)12-15)33-25(22)26(31)30-20-8-10-32-21-6-4-3-5-19(20)21/h3-7,9,11-14,20H,8,10H2,1-2H3,(H,30,31)/t20-/m0/s1. The van der Waals surface area contributed by atoms with Crippen LogP contribution in [0.2, 0.25) is 10.0 Å². The van der Waals surface area contributed by atoms with Gasteiger partial charge in [-0.05, 0) is 41.8 Å². The van der Waals surface area contributed by atoms with Crippen molar-refractivity contribution < 1.29 is 9.53 Å². The van der Waals surface area contributed by atoms with Crippen molar-refractivity contribution in [2.24, 2.45) is 0 Å². The fraction of sp³-hybridized carbons (Fsp3) is 0.231. The number of benzene rings is 2. The number of nitrogens with zero attached hydrogens (tertiary/aromatic N) is 1. The molecule has 1 N–H and O–H groups in total. The van der Waals surface area contributed by atoms with Crippen LogP contribution >= 0.6 is 34.5 Å². The van der Waals surface area contributed by atoms with Crippen molar-refractivity contribution in [1.29, 1.82) is 0 Å². The molecule has 33 heavy (non-hydrogen) atoms. The fourth-order valence-electron chi connectivity index (χ4n) is 4.36. The highest BCUT2D eigenvalue weighted by Gasteiger charge is 2.28. The van der Waals surface area contributed by atoms with Gasteiger partial charge in [-0.3, -0.25) is 9.78 Å². The summed E-state index contributed by atoms with van der Waals surface area (Å²) in [4.78, 5) is 18.9. The number of para-hydroxylation sites is 1. The lowest BCUT2D eigenvalue weighted by Gasteiger charge is -2.26. The van der Waals surface area contributed by atoms with Gasteiger partial charge in [0.2, 0.25) is 0 Å². The highest BCUT2D eigenvalue weighted by Crippen LogP contribution is 2.41. The number of thiophene rings is 1. The van der Waals surface area contributed by atoms with E-state index < -0.39 is 0 Å². The Hall–Kier alpha value is -2.60. The zero-order chi connectivity index (χ0) is 23.1. The Balaban J connectivity index is 1.59. The fourth-order valence-corrected chi connectivity index (χ4v) is 6.24. The van der Waals surface area contributed by atoms with Crippen LogP contribution in [-0.4, -0.2) is 17.5 Å². The number of fused-ring (bicyclic) bond motifs is 2. The summed E-state index contributed by atoms with van der Waals surface area (Å²) in [6.45, 7) is 4.76. The van der Waals surface area contributed by atoms with Crippen molar-refractivity contribution in [2.75, 3.05) is 6.61 Å². The lowest BCUT2D eigenvalue weighted by Crippen LogP contribution is -2.32. The van der Waals surface area contributed by atoms with Gasteiger partial charge in [0.1, 0.15) is 5.75 Å². The van der Waals surface area contributed by atoms with E-state index >= 15 is 0 Å². The zero-order valence-electron chi connectivity index (χ0n) is 18.2. The summed E-state index contributed by atoms with van der Waals surface area (Å²) in [5.41, 5.74) is 4.69. The number of hydrogen-bond donors (Lipinski definition) is 1. The maximum absolute atomic E-state index is 13.6. The van der Waals surface area contributed by atoms with E-state index in [1.54, 1.807) is 12.3 Å². The Morgan fingerprint density at radius 3 is 2.67 bits per heavy atom. The number of ether oxygens (including phenoxy) is 1. The summed E-state index contributed by atoms with van der Waals surface area (Å²) in [7, 11) is 0. The molecule has 0 bridgehead atoms. The monoisotopic (exact) mass is 496 g/mol. The molecule has 0 radical (unpaired) electrons. The van der Waals surface area contributed by atoms with E-state index in [4.69, 9.17) is 27.9 Å². The number of pyridine rings is 1. The zero-order valence-corrected chi connectivity index (χ0v) is 20.5. The van der Waals surface area contributed by atoms with Crippen LogP contribution in [0.5, 0.6) is 5.75 Å². The smallest absolute Gasteiger partial charge is 0.262 e. The van der Waals surface area contributed by atoms with Crippen molar-refractivity contribution in [2.45, 2.75) is 32.2 Å². The van der Waals surface area contributed by atoms with E-state index in [-0.39, 0.29) is 17.9 Å². The first-order valence-electron chi connectivity index (χ1n) is 10.8. The van der Waals surface area contributed by atoms with Gasteiger partial charge < -0.3 is 10.1 Å². The van der Waals surface area contributed by atoms with Crippen molar-refractivity contribution >= 4 is 50.7 Å². The van der Waals surface area contributed by atoms with Gasteiger partial charge >= 0.3 is 0 Å². The molecule has 1 atom stereocenters. The number of carbonyl (C=O) groups is 1. The van der Waals surface area contributed by atoms with E-state index in [1.807, 2.05) is 42.5 Å². The molecule has 0 saturated heterocycles. The molecular formula is C26H22Cl2N2O2S. The highest BCUT2D eigenvalue weighted by atomic mass is 35.5. The summed E-state index contributed by atoms with van der Waals surface area (Å²) >= 11 is 14.0. The van der Waals surface area contributed by atoms with Crippen LogP contribution in [0.3, 0.4) is 0 Å². The van der Waals surface area contributed by atoms with Gasteiger partial charge in [0, 0.05) is 39.4 Å². The minimum atomic E-state index is -0.0909. The number of carbonyl (C=O) groups excluding carboxylic acids is 1. The molecule has 1 aliphatic rings. The minimum Gasteiger partial charge on any atom is -0.493 e. The molecule has 0 aliphatic carbocycles. The first kappa shape index (κ1) is 22.2. The molecule has 0 fully saturated rings. The Bertz CT molecular complexity index is 1350. The van der Waals surface area contributed by atoms with Crippen molar-refractivity contribution in [3.05, 3.63) is 80.8 Å². The third kappa shape index (κ3) is 4.21. The van der Waals surface area contributed by atoms with Gasteiger partial charge in [-0.2, -0.15) is 0 Å². The summed E-state index contributed by atoms with van der Waals surface area (Å²) in [5, 5.41) is 4.38. The van der Waals surface area contributed by atoms with Crippen LogP contribution in [0, 0.1) is 0 Å². The van der Waals surface area contributed by atoms with E-state index in [1.165, 1.54) is 11.3 Å². The van der Waals surface area contributed by atoms with Crippen LogP contribution < -0.4 is 10.1 Å². The van der Waals surface area contributed by atoms with Gasteiger partial charge in [0.15, 0.2) is 0 Å². The van der Waals surface area contributed by atoms with Crippen molar-refractivity contribution in [3.63, 3.8) is 0 Å². The van der Waals surface area contributed by atoms with E-state index in [0.717, 1.165) is 44.6 Å². The topological polar surface area (TPSA) is 51.2 Å². The van der Waals surface area contributed by atoms with E-state index in [9.17, 15) is 4.79 Å². The molecule has 2 aromatic heterocycles. The largest absolute Gasteiger partial charge is 0.493 e.